The summed E-state index contributed by atoms with van der Waals surface area (Å²) >= 11 is 0. The van der Waals surface area contributed by atoms with Gasteiger partial charge in [0.05, 0.1) is 24.7 Å². The number of rotatable bonds is 9. The monoisotopic (exact) mass is 312 g/mol. The van der Waals surface area contributed by atoms with Crippen LogP contribution in [0.5, 0.6) is 0 Å². The fourth-order valence-corrected chi connectivity index (χ4v) is 1.60. The molecule has 0 unspecified atom stereocenters. The van der Waals surface area contributed by atoms with Gasteiger partial charge in [-0.25, -0.2) is 0 Å². The van der Waals surface area contributed by atoms with Crippen LogP contribution < -0.4 is 10.8 Å². The molecular formula is C12H17BN2O7. The van der Waals surface area contributed by atoms with Crippen LogP contribution in [0, 0.1) is 10.1 Å². The molecule has 1 amide bonds. The molecule has 0 radical (unpaired) electrons. The van der Waals surface area contributed by atoms with E-state index in [0.717, 1.165) is 12.1 Å². The van der Waals surface area contributed by atoms with Crippen molar-refractivity contribution in [1.29, 1.82) is 0 Å². The van der Waals surface area contributed by atoms with Crippen molar-refractivity contribution in [2.75, 3.05) is 33.5 Å². The number of benzene rings is 1. The predicted octanol–water partition coefficient (Wildman–Crippen LogP) is -1.33. The van der Waals surface area contributed by atoms with Gasteiger partial charge in [-0.2, -0.15) is 0 Å². The van der Waals surface area contributed by atoms with Gasteiger partial charge in [0.2, 0.25) is 0 Å². The standard InChI is InChI=1S/C12H17BN2O7/c1-21-4-5-22-3-2-14-12(16)9-6-10(13(17)18)8-11(7-9)15(19)20/h6-8,17-18H,2-5H2,1H3,(H,14,16). The van der Waals surface area contributed by atoms with Crippen LogP contribution in [0.3, 0.4) is 0 Å². The number of carbonyl (C=O) groups is 1. The van der Waals surface area contributed by atoms with Gasteiger partial charge in [0, 0.05) is 31.4 Å². The van der Waals surface area contributed by atoms with Gasteiger partial charge in [-0.3, -0.25) is 14.9 Å². The summed E-state index contributed by atoms with van der Waals surface area (Å²) < 4.78 is 9.94. The number of nitro benzene ring substituents is 1. The molecule has 120 valence electrons. The van der Waals surface area contributed by atoms with Crippen LogP contribution in [-0.4, -0.2) is 61.5 Å². The lowest BCUT2D eigenvalue weighted by Gasteiger charge is -2.08. The minimum Gasteiger partial charge on any atom is -0.423 e. The van der Waals surface area contributed by atoms with Crippen molar-refractivity contribution in [2.24, 2.45) is 0 Å². The fraction of sp³-hybridized carbons (Fsp3) is 0.417. The third kappa shape index (κ3) is 5.78. The Morgan fingerprint density at radius 3 is 2.64 bits per heavy atom. The fourth-order valence-electron chi connectivity index (χ4n) is 1.60. The Balaban J connectivity index is 2.66. The second-order valence-electron chi connectivity index (χ2n) is 4.31. The number of nitrogens with one attached hydrogen (secondary N) is 1. The number of hydrogen-bond donors (Lipinski definition) is 3. The van der Waals surface area contributed by atoms with Crippen molar-refractivity contribution >= 4 is 24.2 Å². The second kappa shape index (κ2) is 9.10. The summed E-state index contributed by atoms with van der Waals surface area (Å²) in [6.07, 6.45) is 0. The topological polar surface area (TPSA) is 131 Å². The maximum atomic E-state index is 11.9. The molecule has 0 aliphatic carbocycles. The zero-order valence-electron chi connectivity index (χ0n) is 12.0. The number of amides is 1. The van der Waals surface area contributed by atoms with E-state index in [9.17, 15) is 14.9 Å². The molecule has 3 N–H and O–H groups in total. The molecule has 1 aromatic carbocycles. The summed E-state index contributed by atoms with van der Waals surface area (Å²) in [5.41, 5.74) is -0.558. The first-order chi connectivity index (χ1) is 10.5. The van der Waals surface area contributed by atoms with E-state index in [1.165, 1.54) is 6.07 Å². The highest BCUT2D eigenvalue weighted by atomic mass is 16.6. The van der Waals surface area contributed by atoms with Gasteiger partial charge in [0.15, 0.2) is 0 Å². The molecule has 1 rings (SSSR count). The Morgan fingerprint density at radius 1 is 1.32 bits per heavy atom. The summed E-state index contributed by atoms with van der Waals surface area (Å²) in [6.45, 7) is 1.31. The normalized spacial score (nSPS) is 10.3. The molecule has 9 nitrogen and oxygen atoms in total. The average Bonchev–Trinajstić information content (AvgIpc) is 2.49. The number of ether oxygens (including phenoxy) is 2. The molecule has 0 aliphatic heterocycles. The number of nitro groups is 1. The van der Waals surface area contributed by atoms with Crippen molar-refractivity contribution in [2.45, 2.75) is 0 Å². The number of hydrogen-bond acceptors (Lipinski definition) is 7. The van der Waals surface area contributed by atoms with Crippen LogP contribution in [0.15, 0.2) is 18.2 Å². The highest BCUT2D eigenvalue weighted by Gasteiger charge is 2.20. The van der Waals surface area contributed by atoms with Gasteiger partial charge < -0.3 is 24.8 Å². The minimum atomic E-state index is -1.90. The van der Waals surface area contributed by atoms with Gasteiger partial charge in [-0.15, -0.1) is 0 Å². The Bertz CT molecular complexity index is 524. The molecule has 0 saturated heterocycles. The highest BCUT2D eigenvalue weighted by Crippen LogP contribution is 2.12. The third-order valence-corrected chi connectivity index (χ3v) is 2.68. The van der Waals surface area contributed by atoms with Crippen LogP contribution in [0.1, 0.15) is 10.4 Å². The molecule has 0 atom stereocenters. The van der Waals surface area contributed by atoms with Crippen LogP contribution in [0.2, 0.25) is 0 Å². The van der Waals surface area contributed by atoms with Gasteiger partial charge in [-0.05, 0) is 11.5 Å². The predicted molar refractivity (Wildman–Crippen MR) is 78.0 cm³/mol. The Hall–Kier alpha value is -2.01. The highest BCUT2D eigenvalue weighted by molar-refractivity contribution is 6.58. The molecule has 22 heavy (non-hydrogen) atoms. The number of non-ortho nitro benzene ring substituents is 1. The lowest BCUT2D eigenvalue weighted by atomic mass is 9.79. The van der Waals surface area contributed by atoms with E-state index < -0.39 is 23.6 Å². The molecule has 10 heteroatoms. The number of nitrogens with zero attached hydrogens (tertiary/aromatic N) is 1. The van der Waals surface area contributed by atoms with Crippen molar-refractivity contribution in [3.05, 3.63) is 33.9 Å². The largest absolute Gasteiger partial charge is 0.488 e. The van der Waals surface area contributed by atoms with Gasteiger partial charge in [0.1, 0.15) is 0 Å². The molecule has 0 aliphatic rings. The third-order valence-electron chi connectivity index (χ3n) is 2.68. The molecule has 0 bridgehead atoms. The molecule has 1 aromatic rings. The van der Waals surface area contributed by atoms with Crippen LogP contribution in [-0.2, 0) is 9.47 Å². The van der Waals surface area contributed by atoms with E-state index in [0.29, 0.717) is 13.2 Å². The summed E-state index contributed by atoms with van der Waals surface area (Å²) in [4.78, 5) is 22.0. The van der Waals surface area contributed by atoms with Crippen molar-refractivity contribution in [3.8, 4) is 0 Å². The minimum absolute atomic E-state index is 0.0332. The lowest BCUT2D eigenvalue weighted by molar-refractivity contribution is -0.384. The summed E-state index contributed by atoms with van der Waals surface area (Å²) in [7, 11) is -0.357. The quantitative estimate of drug-likeness (QED) is 0.223. The Kier molecular flexibility index (Phi) is 7.47. The van der Waals surface area contributed by atoms with E-state index >= 15 is 0 Å². The second-order valence-corrected chi connectivity index (χ2v) is 4.31. The van der Waals surface area contributed by atoms with Crippen LogP contribution >= 0.6 is 0 Å². The SMILES string of the molecule is COCCOCCNC(=O)c1cc(B(O)O)cc([N+](=O)[O-])c1. The zero-order valence-corrected chi connectivity index (χ0v) is 12.0. The van der Waals surface area contributed by atoms with E-state index in [-0.39, 0.29) is 24.2 Å². The molecule has 0 spiro atoms. The first-order valence-electron chi connectivity index (χ1n) is 6.46. The van der Waals surface area contributed by atoms with Gasteiger partial charge >= 0.3 is 7.12 Å². The van der Waals surface area contributed by atoms with E-state index in [4.69, 9.17) is 19.5 Å². The van der Waals surface area contributed by atoms with Crippen molar-refractivity contribution < 1.29 is 29.2 Å². The number of methoxy groups -OCH3 is 1. The average molecular weight is 312 g/mol. The molecular weight excluding hydrogens is 295 g/mol. The van der Waals surface area contributed by atoms with Crippen molar-refractivity contribution in [3.63, 3.8) is 0 Å². The van der Waals surface area contributed by atoms with E-state index in [1.807, 2.05) is 0 Å². The smallest absolute Gasteiger partial charge is 0.423 e. The molecule has 0 heterocycles. The summed E-state index contributed by atoms with van der Waals surface area (Å²) in [5, 5.41) is 31.5. The lowest BCUT2D eigenvalue weighted by Crippen LogP contribution is -2.33. The summed E-state index contributed by atoms with van der Waals surface area (Å²) in [5.74, 6) is -0.569. The molecule has 0 aromatic heterocycles. The summed E-state index contributed by atoms with van der Waals surface area (Å²) in [6, 6.07) is 3.24. The zero-order chi connectivity index (χ0) is 16.5. The van der Waals surface area contributed by atoms with E-state index in [1.54, 1.807) is 7.11 Å². The first kappa shape index (κ1) is 18.0. The molecule has 0 fully saturated rings. The van der Waals surface area contributed by atoms with Crippen molar-refractivity contribution in [1.82, 2.24) is 5.32 Å². The van der Waals surface area contributed by atoms with Crippen LogP contribution in [0.25, 0.3) is 0 Å². The number of carbonyl (C=O) groups excluding carboxylic acids is 1. The van der Waals surface area contributed by atoms with Gasteiger partial charge in [-0.1, -0.05) is 0 Å². The maximum Gasteiger partial charge on any atom is 0.488 e. The Morgan fingerprint density at radius 2 is 2.05 bits per heavy atom. The Labute approximate surface area is 127 Å². The van der Waals surface area contributed by atoms with E-state index in [2.05, 4.69) is 5.32 Å². The first-order valence-corrected chi connectivity index (χ1v) is 6.46. The van der Waals surface area contributed by atoms with Crippen LogP contribution in [0.4, 0.5) is 5.69 Å². The maximum absolute atomic E-state index is 11.9. The molecule has 0 saturated carbocycles. The van der Waals surface area contributed by atoms with Gasteiger partial charge in [0.25, 0.3) is 11.6 Å².